The first-order chi connectivity index (χ1) is 7.15. The second-order valence-electron chi connectivity index (χ2n) is 2.59. The summed E-state index contributed by atoms with van der Waals surface area (Å²) < 4.78 is 0. The molecule has 1 aromatic rings. The third-order valence-corrected chi connectivity index (χ3v) is 1.66. The number of hydrogen-bond acceptors (Lipinski definition) is 5. The number of nitrogens with zero attached hydrogens (tertiary/aromatic N) is 5. The Labute approximate surface area is 85.4 Å². The lowest BCUT2D eigenvalue weighted by molar-refractivity contribution is -0.384. The van der Waals surface area contributed by atoms with Crippen LogP contribution in [0.15, 0.2) is 34.6 Å². The van der Waals surface area contributed by atoms with Crippen molar-refractivity contribution in [1.29, 1.82) is 5.26 Å². The van der Waals surface area contributed by atoms with Crippen LogP contribution in [0.4, 0.5) is 11.4 Å². The minimum Gasteiger partial charge on any atom is -0.258 e. The lowest BCUT2D eigenvalue weighted by Crippen LogP contribution is -2.06. The second-order valence-corrected chi connectivity index (χ2v) is 2.59. The van der Waals surface area contributed by atoms with Gasteiger partial charge in [0, 0.05) is 19.2 Å². The monoisotopic (exact) mass is 205 g/mol. The lowest BCUT2D eigenvalue weighted by Gasteiger charge is -2.09. The molecule has 76 valence electrons. The van der Waals surface area contributed by atoms with E-state index in [0.717, 1.165) is 0 Å². The van der Waals surface area contributed by atoms with Gasteiger partial charge < -0.3 is 0 Å². The maximum absolute atomic E-state index is 10.4. The van der Waals surface area contributed by atoms with E-state index >= 15 is 0 Å². The zero-order valence-corrected chi connectivity index (χ0v) is 7.86. The molecule has 0 radical (unpaired) electrons. The maximum Gasteiger partial charge on any atom is 0.269 e. The average Bonchev–Trinajstić information content (AvgIpc) is 2.26. The van der Waals surface area contributed by atoms with E-state index < -0.39 is 4.92 Å². The fourth-order valence-corrected chi connectivity index (χ4v) is 0.929. The smallest absolute Gasteiger partial charge is 0.258 e. The second kappa shape index (κ2) is 4.66. The van der Waals surface area contributed by atoms with E-state index in [-0.39, 0.29) is 5.69 Å². The van der Waals surface area contributed by atoms with Crippen LogP contribution in [0.1, 0.15) is 0 Å². The van der Waals surface area contributed by atoms with Crippen LogP contribution in [0.2, 0.25) is 0 Å². The first-order valence-corrected chi connectivity index (χ1v) is 3.93. The number of rotatable bonds is 3. The van der Waals surface area contributed by atoms with Gasteiger partial charge in [-0.05, 0) is 12.1 Å². The Bertz CT molecular complexity index is 420. The van der Waals surface area contributed by atoms with Gasteiger partial charge in [-0.25, -0.2) is 5.01 Å². The number of non-ortho nitro benzene ring substituents is 1. The maximum atomic E-state index is 10.4. The summed E-state index contributed by atoms with van der Waals surface area (Å²) in [6.45, 7) is 0. The van der Waals surface area contributed by atoms with Crippen molar-refractivity contribution in [3.63, 3.8) is 0 Å². The van der Waals surface area contributed by atoms with Crippen LogP contribution in [0, 0.1) is 21.6 Å². The van der Waals surface area contributed by atoms with Gasteiger partial charge in [0.05, 0.1) is 10.6 Å². The molecule has 0 fully saturated rings. The van der Waals surface area contributed by atoms with Crippen LogP contribution in [0.5, 0.6) is 0 Å². The van der Waals surface area contributed by atoms with E-state index in [1.165, 1.54) is 35.5 Å². The summed E-state index contributed by atoms with van der Waals surface area (Å²) in [4.78, 5) is 9.88. The molecule has 0 amide bonds. The Balaban J connectivity index is 2.85. The SMILES string of the molecule is CN(N=NC#N)c1ccc([N+](=O)[O-])cc1. The Morgan fingerprint density at radius 3 is 2.53 bits per heavy atom. The standard InChI is InChI=1S/C8H7N5O2/c1-12(11-10-6-9)7-2-4-8(5-3-7)13(14)15/h2-5H,1H3. The van der Waals surface area contributed by atoms with Crippen molar-refractivity contribution in [3.8, 4) is 6.19 Å². The Hall–Kier alpha value is -2.49. The zero-order valence-electron chi connectivity index (χ0n) is 7.86. The van der Waals surface area contributed by atoms with Crippen molar-refractivity contribution in [2.45, 2.75) is 0 Å². The van der Waals surface area contributed by atoms with Gasteiger partial charge >= 0.3 is 0 Å². The fraction of sp³-hybridized carbons (Fsp3) is 0.125. The molecule has 0 saturated heterocycles. The molecule has 0 aliphatic rings. The third kappa shape index (κ3) is 2.73. The van der Waals surface area contributed by atoms with Crippen LogP contribution in [0.3, 0.4) is 0 Å². The van der Waals surface area contributed by atoms with Crippen molar-refractivity contribution < 1.29 is 4.92 Å². The van der Waals surface area contributed by atoms with Crippen molar-refractivity contribution in [2.75, 3.05) is 12.1 Å². The molecule has 0 aromatic heterocycles. The summed E-state index contributed by atoms with van der Waals surface area (Å²) in [6.07, 6.45) is 1.51. The number of benzene rings is 1. The average molecular weight is 205 g/mol. The molecule has 0 aliphatic heterocycles. The highest BCUT2D eigenvalue weighted by molar-refractivity contribution is 5.49. The van der Waals surface area contributed by atoms with Crippen LogP contribution in [0.25, 0.3) is 0 Å². The van der Waals surface area contributed by atoms with Crippen LogP contribution < -0.4 is 5.01 Å². The van der Waals surface area contributed by atoms with Gasteiger partial charge in [0.15, 0.2) is 0 Å². The van der Waals surface area contributed by atoms with E-state index in [1.807, 2.05) is 0 Å². The summed E-state index contributed by atoms with van der Waals surface area (Å²) in [7, 11) is 1.59. The molecule has 1 rings (SSSR count). The minimum atomic E-state index is -0.486. The molecule has 0 saturated carbocycles. The van der Waals surface area contributed by atoms with Crippen molar-refractivity contribution in [1.82, 2.24) is 0 Å². The number of nitro groups is 1. The molecule has 15 heavy (non-hydrogen) atoms. The van der Waals surface area contributed by atoms with Crippen LogP contribution in [-0.4, -0.2) is 12.0 Å². The first kappa shape index (κ1) is 10.6. The number of nitriles is 1. The van der Waals surface area contributed by atoms with Gasteiger partial charge in [0.1, 0.15) is 0 Å². The predicted molar refractivity (Wildman–Crippen MR) is 52.0 cm³/mol. The van der Waals surface area contributed by atoms with Crippen LogP contribution in [-0.2, 0) is 0 Å². The molecule has 0 atom stereocenters. The van der Waals surface area contributed by atoms with Crippen molar-refractivity contribution in [3.05, 3.63) is 34.4 Å². The van der Waals surface area contributed by atoms with E-state index in [9.17, 15) is 10.1 Å². The van der Waals surface area contributed by atoms with Crippen LogP contribution >= 0.6 is 0 Å². The first-order valence-electron chi connectivity index (χ1n) is 3.93. The fourth-order valence-electron chi connectivity index (χ4n) is 0.929. The molecule has 7 nitrogen and oxygen atoms in total. The Kier molecular flexibility index (Phi) is 3.29. The highest BCUT2D eigenvalue weighted by Gasteiger charge is 2.05. The van der Waals surface area contributed by atoms with E-state index in [4.69, 9.17) is 5.26 Å². The van der Waals surface area contributed by atoms with Gasteiger partial charge in [0.25, 0.3) is 5.69 Å². The summed E-state index contributed by atoms with van der Waals surface area (Å²) in [5.74, 6) is 0. The molecule has 0 aliphatic carbocycles. The minimum absolute atomic E-state index is 0.00405. The molecular weight excluding hydrogens is 198 g/mol. The number of nitro benzene ring substituents is 1. The topological polar surface area (TPSA) is 94.9 Å². The third-order valence-electron chi connectivity index (χ3n) is 1.66. The summed E-state index contributed by atoms with van der Waals surface area (Å²) in [5, 5.41) is 26.5. The summed E-state index contributed by atoms with van der Waals surface area (Å²) >= 11 is 0. The summed E-state index contributed by atoms with van der Waals surface area (Å²) in [6, 6.07) is 5.75. The molecule has 0 bridgehead atoms. The van der Waals surface area contributed by atoms with Gasteiger partial charge in [-0.2, -0.15) is 5.26 Å². The van der Waals surface area contributed by atoms with Crippen molar-refractivity contribution in [2.24, 2.45) is 10.3 Å². The van der Waals surface area contributed by atoms with Gasteiger partial charge in [0.2, 0.25) is 6.19 Å². The normalized spacial score (nSPS) is 9.87. The van der Waals surface area contributed by atoms with E-state index in [1.54, 1.807) is 7.05 Å². The Morgan fingerprint density at radius 1 is 1.47 bits per heavy atom. The molecule has 7 heteroatoms. The molecular formula is C8H7N5O2. The molecule has 0 heterocycles. The van der Waals surface area contributed by atoms with Gasteiger partial charge in [-0.15, -0.1) is 0 Å². The largest absolute Gasteiger partial charge is 0.269 e. The molecule has 0 unspecified atom stereocenters. The number of hydrogen-bond donors (Lipinski definition) is 0. The van der Waals surface area contributed by atoms with Gasteiger partial charge in [-0.3, -0.25) is 10.1 Å². The quantitative estimate of drug-likeness (QED) is 0.325. The molecule has 1 aromatic carbocycles. The lowest BCUT2D eigenvalue weighted by atomic mass is 10.3. The highest BCUT2D eigenvalue weighted by Crippen LogP contribution is 2.18. The van der Waals surface area contributed by atoms with E-state index in [2.05, 4.69) is 10.3 Å². The number of anilines is 1. The zero-order chi connectivity index (χ0) is 11.3. The highest BCUT2D eigenvalue weighted by atomic mass is 16.6. The predicted octanol–water partition coefficient (Wildman–Crippen LogP) is 1.88. The van der Waals surface area contributed by atoms with Gasteiger partial charge in [-0.1, -0.05) is 10.3 Å². The molecule has 0 N–H and O–H groups in total. The molecule has 0 spiro atoms. The van der Waals surface area contributed by atoms with Crippen molar-refractivity contribution >= 4 is 11.4 Å². The van der Waals surface area contributed by atoms with E-state index in [0.29, 0.717) is 5.69 Å². The Morgan fingerprint density at radius 2 is 2.07 bits per heavy atom. The summed E-state index contributed by atoms with van der Waals surface area (Å²) in [5.41, 5.74) is 0.615.